The number of imidazole rings is 1. The molecular weight excluding hydrogens is 455 g/mol. The van der Waals surface area contributed by atoms with E-state index in [-0.39, 0.29) is 5.91 Å². The van der Waals surface area contributed by atoms with Crippen molar-refractivity contribution < 1.29 is 4.79 Å². The molecule has 0 unspecified atom stereocenters. The number of rotatable bonds is 8. The fraction of sp³-hybridized carbons (Fsp3) is 0.231. The highest BCUT2D eigenvalue weighted by atomic mass is 35.5. The first kappa shape index (κ1) is 23.1. The minimum Gasteiger partial charge on any atom is -0.351 e. The van der Waals surface area contributed by atoms with E-state index in [9.17, 15) is 4.79 Å². The average Bonchev–Trinajstić information content (AvgIpc) is 3.42. The fourth-order valence-corrected chi connectivity index (χ4v) is 4.48. The van der Waals surface area contributed by atoms with Crippen molar-refractivity contribution in [2.75, 3.05) is 6.54 Å². The van der Waals surface area contributed by atoms with Crippen molar-refractivity contribution >= 4 is 29.1 Å². The second-order valence-electron chi connectivity index (χ2n) is 8.14. The molecule has 0 atom stereocenters. The van der Waals surface area contributed by atoms with Crippen LogP contribution in [0.5, 0.6) is 0 Å². The molecule has 2 aromatic heterocycles. The molecule has 5 nitrogen and oxygen atoms in total. The zero-order chi connectivity index (χ0) is 23.4. The van der Waals surface area contributed by atoms with Crippen LogP contribution in [0.1, 0.15) is 33.6 Å². The van der Waals surface area contributed by atoms with Gasteiger partial charge in [0.25, 0.3) is 5.91 Å². The second kappa shape index (κ2) is 10.3. The van der Waals surface area contributed by atoms with E-state index in [1.165, 1.54) is 5.56 Å². The Bertz CT molecular complexity index is 1220. The van der Waals surface area contributed by atoms with Crippen LogP contribution in [-0.2, 0) is 13.1 Å². The van der Waals surface area contributed by atoms with Crippen molar-refractivity contribution in [3.8, 4) is 11.1 Å². The molecule has 0 fully saturated rings. The lowest BCUT2D eigenvalue weighted by molar-refractivity contribution is 0.0944. The molecule has 0 aliphatic heterocycles. The maximum absolute atomic E-state index is 13.4. The van der Waals surface area contributed by atoms with E-state index in [4.69, 9.17) is 23.2 Å². The van der Waals surface area contributed by atoms with Gasteiger partial charge in [-0.25, -0.2) is 4.98 Å². The van der Waals surface area contributed by atoms with E-state index < -0.39 is 0 Å². The maximum Gasteiger partial charge on any atom is 0.268 e. The second-order valence-corrected chi connectivity index (χ2v) is 8.95. The quantitative estimate of drug-likeness (QED) is 0.307. The first-order valence-corrected chi connectivity index (χ1v) is 11.6. The number of carbonyl (C=O) groups is 1. The molecule has 4 aromatic rings. The molecule has 4 rings (SSSR count). The van der Waals surface area contributed by atoms with Gasteiger partial charge in [-0.05, 0) is 43.5 Å². The van der Waals surface area contributed by atoms with Gasteiger partial charge in [-0.15, -0.1) is 0 Å². The smallest absolute Gasteiger partial charge is 0.268 e. The predicted octanol–water partition coefficient (Wildman–Crippen LogP) is 6.14. The lowest BCUT2D eigenvalue weighted by Crippen LogP contribution is -2.28. The Kier molecular flexibility index (Phi) is 7.21. The average molecular weight is 481 g/mol. The molecule has 1 N–H and O–H groups in total. The SMILES string of the molecule is Cc1ccc(-c2c(C)cn(Cc3c(Cl)cccc3Cl)c2C(=O)NCCCn2ccnc2)cc1. The van der Waals surface area contributed by atoms with Gasteiger partial charge in [0.05, 0.1) is 12.9 Å². The summed E-state index contributed by atoms with van der Waals surface area (Å²) in [6.07, 6.45) is 8.24. The molecule has 0 spiro atoms. The number of aryl methyl sites for hydroxylation is 3. The molecular formula is C26H26Cl2N4O. The van der Waals surface area contributed by atoms with Gasteiger partial charge in [-0.3, -0.25) is 4.79 Å². The van der Waals surface area contributed by atoms with E-state index in [2.05, 4.69) is 41.5 Å². The lowest BCUT2D eigenvalue weighted by atomic mass is 10.0. The van der Waals surface area contributed by atoms with Crippen LogP contribution in [0.3, 0.4) is 0 Å². The van der Waals surface area contributed by atoms with Crippen molar-refractivity contribution in [3.63, 3.8) is 0 Å². The van der Waals surface area contributed by atoms with Gasteiger partial charge in [0.2, 0.25) is 0 Å². The highest BCUT2D eigenvalue weighted by Gasteiger charge is 2.22. The number of amides is 1. The molecule has 0 aliphatic rings. The maximum atomic E-state index is 13.4. The Labute approximate surface area is 204 Å². The highest BCUT2D eigenvalue weighted by molar-refractivity contribution is 6.36. The summed E-state index contributed by atoms with van der Waals surface area (Å²) in [6.45, 7) is 5.83. The summed E-state index contributed by atoms with van der Waals surface area (Å²) >= 11 is 12.9. The zero-order valence-corrected chi connectivity index (χ0v) is 20.2. The number of nitrogens with one attached hydrogen (secondary N) is 1. The van der Waals surface area contributed by atoms with Crippen LogP contribution in [0.15, 0.2) is 67.4 Å². The van der Waals surface area contributed by atoms with Crippen molar-refractivity contribution in [1.29, 1.82) is 0 Å². The van der Waals surface area contributed by atoms with E-state index in [0.29, 0.717) is 28.8 Å². The van der Waals surface area contributed by atoms with Crippen LogP contribution < -0.4 is 5.32 Å². The molecule has 2 heterocycles. The molecule has 0 radical (unpaired) electrons. The number of nitrogens with zero attached hydrogens (tertiary/aromatic N) is 3. The van der Waals surface area contributed by atoms with Crippen LogP contribution in [0.25, 0.3) is 11.1 Å². The summed E-state index contributed by atoms with van der Waals surface area (Å²) in [6, 6.07) is 13.7. The normalized spacial score (nSPS) is 11.0. The van der Waals surface area contributed by atoms with Gasteiger partial charge in [0.1, 0.15) is 5.69 Å². The topological polar surface area (TPSA) is 51.9 Å². The third-order valence-electron chi connectivity index (χ3n) is 5.65. The minimum absolute atomic E-state index is 0.118. The summed E-state index contributed by atoms with van der Waals surface area (Å²) in [5.41, 5.74) is 5.51. The van der Waals surface area contributed by atoms with Gasteiger partial charge in [-0.2, -0.15) is 0 Å². The predicted molar refractivity (Wildman–Crippen MR) is 134 cm³/mol. The molecule has 33 heavy (non-hydrogen) atoms. The van der Waals surface area contributed by atoms with E-state index in [1.54, 1.807) is 12.5 Å². The Morgan fingerprint density at radius 1 is 1.06 bits per heavy atom. The van der Waals surface area contributed by atoms with Crippen LogP contribution in [-0.4, -0.2) is 26.6 Å². The molecule has 0 bridgehead atoms. The van der Waals surface area contributed by atoms with Crippen molar-refractivity contribution in [2.45, 2.75) is 33.4 Å². The minimum atomic E-state index is -0.118. The molecule has 2 aromatic carbocycles. The third kappa shape index (κ3) is 5.32. The number of halogens is 2. The zero-order valence-electron chi connectivity index (χ0n) is 18.7. The van der Waals surface area contributed by atoms with Gasteiger partial charge < -0.3 is 14.5 Å². The van der Waals surface area contributed by atoms with Crippen LogP contribution >= 0.6 is 23.2 Å². The van der Waals surface area contributed by atoms with Gasteiger partial charge in [0, 0.05) is 52.9 Å². The standard InChI is InChI=1S/C26H26Cl2N4O/c1-18-7-9-20(10-8-18)24-19(2)15-32(16-21-22(27)5-3-6-23(21)28)25(24)26(33)30-11-4-13-31-14-12-29-17-31/h3,5-10,12,14-15,17H,4,11,13,16H2,1-2H3,(H,30,33). The largest absolute Gasteiger partial charge is 0.351 e. The summed E-state index contributed by atoms with van der Waals surface area (Å²) in [5.74, 6) is -0.118. The van der Waals surface area contributed by atoms with Crippen molar-refractivity contribution in [2.24, 2.45) is 0 Å². The Hall–Kier alpha value is -3.02. The van der Waals surface area contributed by atoms with Crippen LogP contribution in [0, 0.1) is 13.8 Å². The molecule has 7 heteroatoms. The van der Waals surface area contributed by atoms with E-state index >= 15 is 0 Å². The number of carbonyl (C=O) groups excluding carboxylic acids is 1. The first-order valence-electron chi connectivity index (χ1n) is 10.9. The number of hydrogen-bond donors (Lipinski definition) is 1. The van der Waals surface area contributed by atoms with Gasteiger partial charge >= 0.3 is 0 Å². The van der Waals surface area contributed by atoms with Crippen molar-refractivity contribution in [1.82, 2.24) is 19.4 Å². The molecule has 0 saturated carbocycles. The Morgan fingerprint density at radius 2 is 1.79 bits per heavy atom. The van der Waals surface area contributed by atoms with E-state index in [1.807, 2.05) is 46.7 Å². The molecule has 0 saturated heterocycles. The van der Waals surface area contributed by atoms with Gasteiger partial charge in [0.15, 0.2) is 0 Å². The monoisotopic (exact) mass is 480 g/mol. The van der Waals surface area contributed by atoms with Crippen LogP contribution in [0.4, 0.5) is 0 Å². The summed E-state index contributed by atoms with van der Waals surface area (Å²) in [5, 5.41) is 4.25. The Morgan fingerprint density at radius 3 is 2.45 bits per heavy atom. The Balaban J connectivity index is 1.65. The van der Waals surface area contributed by atoms with Crippen molar-refractivity contribution in [3.05, 3.63) is 99.8 Å². The molecule has 1 amide bonds. The first-order chi connectivity index (χ1) is 15.9. The van der Waals surface area contributed by atoms with E-state index in [0.717, 1.165) is 35.2 Å². The molecule has 0 aliphatic carbocycles. The number of benzene rings is 2. The fourth-order valence-electron chi connectivity index (χ4n) is 3.97. The molecule has 170 valence electrons. The van der Waals surface area contributed by atoms with Crippen LogP contribution in [0.2, 0.25) is 10.0 Å². The third-order valence-corrected chi connectivity index (χ3v) is 6.36. The van der Waals surface area contributed by atoms with Gasteiger partial charge in [-0.1, -0.05) is 59.1 Å². The lowest BCUT2D eigenvalue weighted by Gasteiger charge is -2.14. The summed E-state index contributed by atoms with van der Waals surface area (Å²) < 4.78 is 3.94. The summed E-state index contributed by atoms with van der Waals surface area (Å²) in [7, 11) is 0. The number of aromatic nitrogens is 3. The number of hydrogen-bond acceptors (Lipinski definition) is 2. The highest BCUT2D eigenvalue weighted by Crippen LogP contribution is 2.32. The summed E-state index contributed by atoms with van der Waals surface area (Å²) in [4.78, 5) is 17.5.